The van der Waals surface area contributed by atoms with E-state index in [1.54, 1.807) is 12.3 Å². The number of aromatic nitrogens is 3. The topological polar surface area (TPSA) is 51.8 Å². The van der Waals surface area contributed by atoms with E-state index in [4.69, 9.17) is 4.42 Å². The van der Waals surface area contributed by atoms with Crippen LogP contribution in [0.1, 0.15) is 44.7 Å². The molecule has 0 saturated heterocycles. The molecule has 0 fully saturated rings. The monoisotopic (exact) mass is 780 g/mol. The van der Waals surface area contributed by atoms with E-state index in [-0.39, 0.29) is 20.1 Å². The standard InChI is InChI=1S/C19H14FN2O.C18H24NSi.Ir/c1-11(2)12-8-9-21-16(10-12)15-5-3-4-13-14-6-7-17(20)22-19(14)23-18(13)15;1-14(2)11-16-12-17(15-9-7-6-8-10-15)19-13-18(16)20(3,4)5;/h3-4,6-11H,1-2H3;6-9,12-14H,11H2,1-5H3;/q2*-1;. The molecule has 0 atom stereocenters. The first-order valence-electron chi connectivity index (χ1n) is 14.8. The number of rotatable bonds is 6. The van der Waals surface area contributed by atoms with Crippen LogP contribution in [0.15, 0.2) is 83.5 Å². The summed E-state index contributed by atoms with van der Waals surface area (Å²) in [5, 5.41) is 3.17. The third-order valence-corrected chi connectivity index (χ3v) is 9.45. The minimum absolute atomic E-state index is 0. The Morgan fingerprint density at radius 1 is 0.864 bits per heavy atom. The van der Waals surface area contributed by atoms with Gasteiger partial charge in [0.15, 0.2) is 0 Å². The quantitative estimate of drug-likeness (QED) is 0.0961. The zero-order chi connectivity index (χ0) is 30.7. The van der Waals surface area contributed by atoms with E-state index in [0.717, 1.165) is 39.7 Å². The van der Waals surface area contributed by atoms with E-state index < -0.39 is 14.0 Å². The van der Waals surface area contributed by atoms with Crippen LogP contribution in [0.5, 0.6) is 0 Å². The van der Waals surface area contributed by atoms with E-state index in [1.807, 2.05) is 42.5 Å². The molecule has 4 aromatic heterocycles. The average Bonchev–Trinajstić information content (AvgIpc) is 3.35. The molecule has 4 heterocycles. The van der Waals surface area contributed by atoms with Crippen molar-refractivity contribution in [1.29, 1.82) is 0 Å². The molecule has 229 valence electrons. The smallest absolute Gasteiger partial charge is 0.218 e. The van der Waals surface area contributed by atoms with E-state index in [2.05, 4.69) is 92.8 Å². The molecule has 0 aliphatic heterocycles. The van der Waals surface area contributed by atoms with Crippen LogP contribution >= 0.6 is 0 Å². The number of hydrogen-bond donors (Lipinski definition) is 0. The second-order valence-electron chi connectivity index (χ2n) is 12.7. The van der Waals surface area contributed by atoms with Gasteiger partial charge in [-0.25, -0.2) is 0 Å². The molecule has 6 rings (SSSR count). The first kappa shape index (κ1) is 33.4. The molecule has 0 unspecified atom stereocenters. The Hall–Kier alpha value is -3.51. The summed E-state index contributed by atoms with van der Waals surface area (Å²) in [7, 11) is -1.34. The summed E-state index contributed by atoms with van der Waals surface area (Å²) in [5.74, 6) is 0.518. The molecule has 1 radical (unpaired) electrons. The van der Waals surface area contributed by atoms with Crippen molar-refractivity contribution in [3.8, 4) is 22.5 Å². The second kappa shape index (κ2) is 14.1. The molecule has 0 N–H and O–H groups in total. The van der Waals surface area contributed by atoms with Gasteiger partial charge in [-0.1, -0.05) is 81.5 Å². The van der Waals surface area contributed by atoms with Crippen molar-refractivity contribution in [1.82, 2.24) is 15.0 Å². The maximum Gasteiger partial charge on any atom is 0.218 e. The third kappa shape index (κ3) is 7.58. The molecule has 0 bridgehead atoms. The van der Waals surface area contributed by atoms with Crippen molar-refractivity contribution < 1.29 is 28.9 Å². The van der Waals surface area contributed by atoms with Gasteiger partial charge in [0, 0.05) is 37.9 Å². The molecular formula is C37H38FIrN3OSi-2. The van der Waals surface area contributed by atoms with E-state index in [1.165, 1.54) is 22.4 Å². The van der Waals surface area contributed by atoms with Crippen LogP contribution in [0, 0.1) is 24.0 Å². The number of hydrogen-bond acceptors (Lipinski definition) is 4. The Bertz CT molecular complexity index is 1860. The molecule has 0 saturated carbocycles. The minimum Gasteiger partial charge on any atom is -0.486 e. The van der Waals surface area contributed by atoms with Crippen molar-refractivity contribution >= 4 is 35.3 Å². The largest absolute Gasteiger partial charge is 0.486 e. The number of nitrogens with zero attached hydrogens (tertiary/aromatic N) is 3. The number of benzene rings is 2. The van der Waals surface area contributed by atoms with Crippen molar-refractivity contribution in [2.24, 2.45) is 5.92 Å². The van der Waals surface area contributed by atoms with Gasteiger partial charge in [-0.15, -0.1) is 54.1 Å². The van der Waals surface area contributed by atoms with Gasteiger partial charge in [-0.2, -0.15) is 9.37 Å². The number of furan rings is 1. The number of pyridine rings is 3. The molecule has 0 aliphatic carbocycles. The van der Waals surface area contributed by atoms with Crippen molar-refractivity contribution in [3.05, 3.63) is 108 Å². The van der Waals surface area contributed by atoms with Crippen molar-refractivity contribution in [2.75, 3.05) is 0 Å². The number of fused-ring (bicyclic) bond motifs is 3. The molecule has 0 spiro atoms. The predicted molar refractivity (Wildman–Crippen MR) is 178 cm³/mol. The summed E-state index contributed by atoms with van der Waals surface area (Å²) in [6.07, 6.45) is 5.03. The Balaban J connectivity index is 0.000000199. The normalized spacial score (nSPS) is 11.5. The van der Waals surface area contributed by atoms with Crippen LogP contribution in [0.25, 0.3) is 44.6 Å². The molecule has 6 aromatic rings. The molecule has 4 nitrogen and oxygen atoms in total. The predicted octanol–water partition coefficient (Wildman–Crippen LogP) is 9.40. The number of halogens is 1. The summed E-state index contributed by atoms with van der Waals surface area (Å²) in [6, 6.07) is 27.6. The summed E-state index contributed by atoms with van der Waals surface area (Å²) in [6.45, 7) is 16.0. The van der Waals surface area contributed by atoms with Gasteiger partial charge in [-0.05, 0) is 53.0 Å². The summed E-state index contributed by atoms with van der Waals surface area (Å²) in [5.41, 5.74) is 7.28. The summed E-state index contributed by atoms with van der Waals surface area (Å²) >= 11 is 0. The Morgan fingerprint density at radius 3 is 2.34 bits per heavy atom. The summed E-state index contributed by atoms with van der Waals surface area (Å²) in [4.78, 5) is 13.0. The third-order valence-electron chi connectivity index (χ3n) is 7.38. The Kier molecular flexibility index (Phi) is 10.7. The van der Waals surface area contributed by atoms with Crippen molar-refractivity contribution in [3.63, 3.8) is 0 Å². The molecule has 44 heavy (non-hydrogen) atoms. The fourth-order valence-corrected chi connectivity index (χ4v) is 6.80. The molecular weight excluding hydrogens is 742 g/mol. The molecule has 0 amide bonds. The maximum absolute atomic E-state index is 13.3. The summed E-state index contributed by atoms with van der Waals surface area (Å²) < 4.78 is 19.1. The fraction of sp³-hybridized carbons (Fsp3) is 0.270. The molecule has 2 aromatic carbocycles. The van der Waals surface area contributed by atoms with E-state index in [9.17, 15) is 4.39 Å². The molecule has 7 heteroatoms. The SMILES string of the molecule is CC(C)Cc1cc(-c2[c-]cccc2)ncc1[Si](C)(C)C.CC(C)c1ccnc(-c2[c-]ccc3c2oc2nc(F)ccc23)c1.[Ir]. The first-order valence-corrected chi connectivity index (χ1v) is 18.3. The van der Waals surface area contributed by atoms with Gasteiger partial charge in [0.1, 0.15) is 0 Å². The van der Waals surface area contributed by atoms with Crippen LogP contribution in [0.2, 0.25) is 19.6 Å². The maximum atomic E-state index is 13.3. The van der Waals surface area contributed by atoms with Crippen LogP contribution in [-0.2, 0) is 26.5 Å². The van der Waals surface area contributed by atoms with Crippen LogP contribution < -0.4 is 5.19 Å². The van der Waals surface area contributed by atoms with Gasteiger partial charge in [0.05, 0.1) is 13.7 Å². The second-order valence-corrected chi connectivity index (χ2v) is 17.7. The van der Waals surface area contributed by atoms with E-state index in [0.29, 0.717) is 23.1 Å². The van der Waals surface area contributed by atoms with Crippen LogP contribution in [-0.4, -0.2) is 23.0 Å². The Morgan fingerprint density at radius 2 is 1.66 bits per heavy atom. The van der Waals surface area contributed by atoms with Gasteiger partial charge in [0.2, 0.25) is 11.7 Å². The van der Waals surface area contributed by atoms with Gasteiger partial charge >= 0.3 is 0 Å². The van der Waals surface area contributed by atoms with Crippen LogP contribution in [0.3, 0.4) is 0 Å². The van der Waals surface area contributed by atoms with Gasteiger partial charge in [-0.3, -0.25) is 0 Å². The van der Waals surface area contributed by atoms with E-state index >= 15 is 0 Å². The zero-order valence-electron chi connectivity index (χ0n) is 26.3. The van der Waals surface area contributed by atoms with Gasteiger partial charge in [0.25, 0.3) is 0 Å². The zero-order valence-corrected chi connectivity index (χ0v) is 29.7. The minimum atomic E-state index is -1.34. The molecule has 0 aliphatic rings. The van der Waals surface area contributed by atoms with Gasteiger partial charge < -0.3 is 14.4 Å². The average molecular weight is 780 g/mol. The first-order chi connectivity index (χ1) is 20.5. The van der Waals surface area contributed by atoms with Crippen LogP contribution in [0.4, 0.5) is 4.39 Å². The fourth-order valence-electron chi connectivity index (χ4n) is 5.21. The Labute approximate surface area is 274 Å². The van der Waals surface area contributed by atoms with Crippen molar-refractivity contribution in [2.45, 2.75) is 59.7 Å².